The highest BCUT2D eigenvalue weighted by molar-refractivity contribution is 6.35. The van der Waals surface area contributed by atoms with Crippen molar-refractivity contribution in [1.82, 2.24) is 0 Å². The van der Waals surface area contributed by atoms with Crippen molar-refractivity contribution in [3.63, 3.8) is 0 Å². The molecule has 0 saturated carbocycles. The Labute approximate surface area is 115 Å². The number of rotatable bonds is 1. The molecule has 0 N–H and O–H groups in total. The van der Waals surface area contributed by atoms with E-state index in [9.17, 15) is 0 Å². The zero-order chi connectivity index (χ0) is 12.5. The number of benzene rings is 2. The lowest BCUT2D eigenvalue weighted by molar-refractivity contribution is 0.0913. The van der Waals surface area contributed by atoms with Crippen molar-refractivity contribution in [3.05, 3.63) is 58.1 Å². The molecule has 2 aromatic carbocycles. The van der Waals surface area contributed by atoms with Gasteiger partial charge in [0.1, 0.15) is 6.61 Å². The summed E-state index contributed by atoms with van der Waals surface area (Å²) in [5.41, 5.74) is 0.885. The van der Waals surface area contributed by atoms with Gasteiger partial charge in [-0.2, -0.15) is 0 Å². The van der Waals surface area contributed by atoms with E-state index in [4.69, 9.17) is 32.7 Å². The number of hydrogen-bond donors (Lipinski definition) is 0. The lowest BCUT2D eigenvalue weighted by atomic mass is 10.1. The highest BCUT2D eigenvalue weighted by Crippen LogP contribution is 2.38. The number of hydrogen-bond acceptors (Lipinski definition) is 2. The van der Waals surface area contributed by atoms with Gasteiger partial charge in [0.15, 0.2) is 17.6 Å². The second-order valence-corrected chi connectivity index (χ2v) is 4.87. The summed E-state index contributed by atoms with van der Waals surface area (Å²) in [7, 11) is 0. The fourth-order valence-electron chi connectivity index (χ4n) is 1.94. The molecule has 18 heavy (non-hydrogen) atoms. The number of halogens is 2. The second-order valence-electron chi connectivity index (χ2n) is 4.03. The number of fused-ring (bicyclic) bond motifs is 1. The highest BCUT2D eigenvalue weighted by Gasteiger charge is 2.24. The van der Waals surface area contributed by atoms with Crippen LogP contribution < -0.4 is 9.47 Å². The van der Waals surface area contributed by atoms with Crippen LogP contribution in [0.25, 0.3) is 0 Å². The summed E-state index contributed by atoms with van der Waals surface area (Å²) in [5.74, 6) is 1.50. The van der Waals surface area contributed by atoms with E-state index in [0.717, 1.165) is 17.1 Å². The topological polar surface area (TPSA) is 18.5 Å². The van der Waals surface area contributed by atoms with E-state index < -0.39 is 0 Å². The van der Waals surface area contributed by atoms with Crippen LogP contribution in [0.5, 0.6) is 11.5 Å². The van der Waals surface area contributed by atoms with E-state index >= 15 is 0 Å². The molecule has 0 aliphatic carbocycles. The molecule has 1 unspecified atom stereocenters. The molecule has 1 heterocycles. The Morgan fingerprint density at radius 3 is 2.56 bits per heavy atom. The minimum atomic E-state index is -0.204. The third kappa shape index (κ3) is 2.14. The maximum absolute atomic E-state index is 6.17. The molecule has 1 aliphatic heterocycles. The lowest BCUT2D eigenvalue weighted by Crippen LogP contribution is -2.21. The summed E-state index contributed by atoms with van der Waals surface area (Å²) in [4.78, 5) is 0. The third-order valence-corrected chi connectivity index (χ3v) is 3.38. The van der Waals surface area contributed by atoms with Gasteiger partial charge in [0, 0.05) is 15.6 Å². The summed E-state index contributed by atoms with van der Waals surface area (Å²) in [6, 6.07) is 13.0. The third-order valence-electron chi connectivity index (χ3n) is 2.82. The van der Waals surface area contributed by atoms with Gasteiger partial charge in [-0.05, 0) is 24.3 Å². The van der Waals surface area contributed by atoms with E-state index in [-0.39, 0.29) is 6.10 Å². The zero-order valence-corrected chi connectivity index (χ0v) is 10.9. The molecule has 1 aliphatic rings. The van der Waals surface area contributed by atoms with Crippen LogP contribution in [0.2, 0.25) is 10.0 Å². The summed E-state index contributed by atoms with van der Waals surface area (Å²) in [6.45, 7) is 0.443. The Kier molecular flexibility index (Phi) is 3.06. The molecule has 0 amide bonds. The minimum Gasteiger partial charge on any atom is -0.485 e. The quantitative estimate of drug-likeness (QED) is 0.765. The Balaban J connectivity index is 1.92. The maximum atomic E-state index is 6.17. The SMILES string of the molecule is Clc1ccc(C2COc3ccccc3O2)c(Cl)c1. The Morgan fingerprint density at radius 2 is 1.78 bits per heavy atom. The van der Waals surface area contributed by atoms with Gasteiger partial charge in [-0.3, -0.25) is 0 Å². The average molecular weight is 281 g/mol. The zero-order valence-electron chi connectivity index (χ0n) is 9.40. The number of ether oxygens (including phenoxy) is 2. The van der Waals surface area contributed by atoms with Crippen LogP contribution in [-0.4, -0.2) is 6.61 Å². The molecule has 3 rings (SSSR count). The van der Waals surface area contributed by atoms with Crippen molar-refractivity contribution in [2.24, 2.45) is 0 Å². The molecule has 92 valence electrons. The largest absolute Gasteiger partial charge is 0.485 e. The van der Waals surface area contributed by atoms with Gasteiger partial charge in [0.2, 0.25) is 0 Å². The molecule has 0 bridgehead atoms. The Hall–Kier alpha value is -1.38. The molecule has 4 heteroatoms. The predicted molar refractivity (Wildman–Crippen MR) is 71.8 cm³/mol. The lowest BCUT2D eigenvalue weighted by Gasteiger charge is -2.27. The predicted octanol–water partition coefficient (Wildman–Crippen LogP) is 4.51. The molecule has 0 saturated heterocycles. The van der Waals surface area contributed by atoms with Crippen LogP contribution in [-0.2, 0) is 0 Å². The van der Waals surface area contributed by atoms with Gasteiger partial charge >= 0.3 is 0 Å². The average Bonchev–Trinajstić information content (AvgIpc) is 2.38. The first kappa shape index (κ1) is 11.7. The van der Waals surface area contributed by atoms with Gasteiger partial charge in [0.05, 0.1) is 0 Å². The summed E-state index contributed by atoms with van der Waals surface area (Å²) in [5, 5.41) is 1.20. The summed E-state index contributed by atoms with van der Waals surface area (Å²) < 4.78 is 11.5. The van der Waals surface area contributed by atoms with Crippen molar-refractivity contribution in [3.8, 4) is 11.5 Å². The van der Waals surface area contributed by atoms with Gasteiger partial charge in [0.25, 0.3) is 0 Å². The summed E-state index contributed by atoms with van der Waals surface area (Å²) in [6.07, 6.45) is -0.204. The highest BCUT2D eigenvalue weighted by atomic mass is 35.5. The first-order valence-electron chi connectivity index (χ1n) is 5.57. The van der Waals surface area contributed by atoms with Crippen molar-refractivity contribution < 1.29 is 9.47 Å². The fourth-order valence-corrected chi connectivity index (χ4v) is 2.47. The molecule has 1 atom stereocenters. The van der Waals surface area contributed by atoms with Crippen molar-refractivity contribution in [2.45, 2.75) is 6.10 Å². The molecular weight excluding hydrogens is 271 g/mol. The normalized spacial score (nSPS) is 17.6. The standard InChI is InChI=1S/C14H10Cl2O2/c15-9-5-6-10(11(16)7-9)14-8-17-12-3-1-2-4-13(12)18-14/h1-7,14H,8H2. The molecule has 0 aromatic heterocycles. The van der Waals surface area contributed by atoms with Gasteiger partial charge in [-0.25, -0.2) is 0 Å². The monoisotopic (exact) mass is 280 g/mol. The maximum Gasteiger partial charge on any atom is 0.162 e. The van der Waals surface area contributed by atoms with E-state index in [1.54, 1.807) is 12.1 Å². The van der Waals surface area contributed by atoms with E-state index in [1.807, 2.05) is 30.3 Å². The van der Waals surface area contributed by atoms with Crippen molar-refractivity contribution in [2.75, 3.05) is 6.61 Å². The molecule has 0 radical (unpaired) electrons. The fraction of sp³-hybridized carbons (Fsp3) is 0.143. The van der Waals surface area contributed by atoms with E-state index in [1.165, 1.54) is 0 Å². The molecule has 2 aromatic rings. The first-order chi connectivity index (χ1) is 8.74. The van der Waals surface area contributed by atoms with Crippen LogP contribution in [0.3, 0.4) is 0 Å². The van der Waals surface area contributed by atoms with Crippen LogP contribution in [0, 0.1) is 0 Å². The van der Waals surface area contributed by atoms with E-state index in [2.05, 4.69) is 0 Å². The number of para-hydroxylation sites is 2. The van der Waals surface area contributed by atoms with Gasteiger partial charge in [-0.15, -0.1) is 0 Å². The van der Waals surface area contributed by atoms with Crippen LogP contribution >= 0.6 is 23.2 Å². The second kappa shape index (κ2) is 4.71. The molecular formula is C14H10Cl2O2. The van der Waals surface area contributed by atoms with Crippen LogP contribution in [0.15, 0.2) is 42.5 Å². The first-order valence-corrected chi connectivity index (χ1v) is 6.33. The molecule has 0 spiro atoms. The Bertz CT molecular complexity index is 584. The van der Waals surface area contributed by atoms with Crippen LogP contribution in [0.1, 0.15) is 11.7 Å². The van der Waals surface area contributed by atoms with Gasteiger partial charge in [-0.1, -0.05) is 41.4 Å². The van der Waals surface area contributed by atoms with Gasteiger partial charge < -0.3 is 9.47 Å². The Morgan fingerprint density at radius 1 is 1.00 bits per heavy atom. The van der Waals surface area contributed by atoms with Crippen molar-refractivity contribution in [1.29, 1.82) is 0 Å². The minimum absolute atomic E-state index is 0.204. The van der Waals surface area contributed by atoms with E-state index in [0.29, 0.717) is 16.7 Å². The molecule has 0 fully saturated rings. The summed E-state index contributed by atoms with van der Waals surface area (Å²) >= 11 is 12.1. The smallest absolute Gasteiger partial charge is 0.162 e. The molecule has 2 nitrogen and oxygen atoms in total. The van der Waals surface area contributed by atoms with Crippen molar-refractivity contribution >= 4 is 23.2 Å². The van der Waals surface area contributed by atoms with Crippen LogP contribution in [0.4, 0.5) is 0 Å².